The average molecular weight is 255 g/mol. The standard InChI is InChI=1S/C7H12ClN2O4P/c1-6-9-2-3-10(6)5-7(4-8)14-15(11,12)13/h2-3,7H,4-5H2,1H3,(H2,11,12,13)/t7-/m1/s1. The summed E-state index contributed by atoms with van der Waals surface area (Å²) in [5.41, 5.74) is 0. The van der Waals surface area contributed by atoms with Crippen LogP contribution in [-0.4, -0.2) is 31.3 Å². The van der Waals surface area contributed by atoms with Crippen LogP contribution >= 0.6 is 19.4 Å². The van der Waals surface area contributed by atoms with Crippen LogP contribution in [0.4, 0.5) is 0 Å². The third-order valence-electron chi connectivity index (χ3n) is 1.78. The van der Waals surface area contributed by atoms with Gasteiger partial charge in [0, 0.05) is 12.4 Å². The van der Waals surface area contributed by atoms with Crippen molar-refractivity contribution >= 4 is 19.4 Å². The van der Waals surface area contributed by atoms with Gasteiger partial charge in [0.05, 0.1) is 12.4 Å². The van der Waals surface area contributed by atoms with Crippen molar-refractivity contribution in [1.29, 1.82) is 0 Å². The van der Waals surface area contributed by atoms with Gasteiger partial charge in [0.15, 0.2) is 0 Å². The number of aryl methyl sites for hydroxylation is 1. The Morgan fingerprint density at radius 1 is 1.73 bits per heavy atom. The fourth-order valence-corrected chi connectivity index (χ4v) is 1.90. The van der Waals surface area contributed by atoms with Crippen molar-refractivity contribution in [1.82, 2.24) is 9.55 Å². The molecular weight excluding hydrogens is 243 g/mol. The highest BCUT2D eigenvalue weighted by atomic mass is 35.5. The van der Waals surface area contributed by atoms with Crippen molar-refractivity contribution in [3.8, 4) is 0 Å². The molecule has 1 aromatic heterocycles. The summed E-state index contributed by atoms with van der Waals surface area (Å²) in [5, 5.41) is 0. The van der Waals surface area contributed by atoms with Crippen LogP contribution in [0.3, 0.4) is 0 Å². The molecule has 0 amide bonds. The Hall–Kier alpha value is -0.390. The van der Waals surface area contributed by atoms with Gasteiger partial charge in [-0.2, -0.15) is 0 Å². The summed E-state index contributed by atoms with van der Waals surface area (Å²) in [4.78, 5) is 21.2. The topological polar surface area (TPSA) is 84.6 Å². The Morgan fingerprint density at radius 2 is 2.40 bits per heavy atom. The monoisotopic (exact) mass is 254 g/mol. The maximum Gasteiger partial charge on any atom is 0.469 e. The van der Waals surface area contributed by atoms with Gasteiger partial charge in [-0.25, -0.2) is 9.55 Å². The second-order valence-corrected chi connectivity index (χ2v) is 4.50. The summed E-state index contributed by atoms with van der Waals surface area (Å²) >= 11 is 5.54. The molecule has 1 heterocycles. The van der Waals surface area contributed by atoms with Crippen LogP contribution in [0.1, 0.15) is 5.82 Å². The van der Waals surface area contributed by atoms with E-state index in [1.807, 2.05) is 0 Å². The third-order valence-corrected chi connectivity index (χ3v) is 2.70. The lowest BCUT2D eigenvalue weighted by atomic mass is 10.4. The summed E-state index contributed by atoms with van der Waals surface area (Å²) in [6, 6.07) is 0. The number of nitrogens with zero attached hydrogens (tertiary/aromatic N) is 2. The van der Waals surface area contributed by atoms with E-state index in [1.165, 1.54) is 0 Å². The number of rotatable bonds is 5. The number of alkyl halides is 1. The lowest BCUT2D eigenvalue weighted by Gasteiger charge is -2.16. The zero-order valence-corrected chi connectivity index (χ0v) is 9.73. The molecule has 8 heteroatoms. The summed E-state index contributed by atoms with van der Waals surface area (Å²) in [6.45, 7) is 2.04. The number of phosphoric ester groups is 1. The first-order valence-corrected chi connectivity index (χ1v) is 6.26. The van der Waals surface area contributed by atoms with E-state index in [0.29, 0.717) is 0 Å². The smallest absolute Gasteiger partial charge is 0.333 e. The highest BCUT2D eigenvalue weighted by Crippen LogP contribution is 2.38. The van der Waals surface area contributed by atoms with E-state index in [0.717, 1.165) is 5.82 Å². The van der Waals surface area contributed by atoms with Gasteiger partial charge in [-0.15, -0.1) is 11.6 Å². The van der Waals surface area contributed by atoms with Crippen LogP contribution in [0.15, 0.2) is 12.4 Å². The molecule has 0 radical (unpaired) electrons. The molecule has 0 bridgehead atoms. The van der Waals surface area contributed by atoms with Gasteiger partial charge < -0.3 is 14.4 Å². The highest BCUT2D eigenvalue weighted by molar-refractivity contribution is 7.46. The van der Waals surface area contributed by atoms with Crippen LogP contribution in [0.5, 0.6) is 0 Å². The number of halogens is 1. The van der Waals surface area contributed by atoms with Gasteiger partial charge in [-0.1, -0.05) is 0 Å². The summed E-state index contributed by atoms with van der Waals surface area (Å²) in [5.74, 6) is 0.738. The molecule has 0 aliphatic carbocycles. The lowest BCUT2D eigenvalue weighted by Crippen LogP contribution is -2.21. The van der Waals surface area contributed by atoms with Crippen LogP contribution in [0, 0.1) is 6.92 Å². The second-order valence-electron chi connectivity index (χ2n) is 3.00. The fourth-order valence-electron chi connectivity index (χ4n) is 1.12. The Bertz CT molecular complexity index is 364. The van der Waals surface area contributed by atoms with Gasteiger partial charge in [-0.3, -0.25) is 4.52 Å². The SMILES string of the molecule is Cc1nccn1C[C@@H](CCl)OP(=O)(O)O. The minimum Gasteiger partial charge on any atom is -0.333 e. The van der Waals surface area contributed by atoms with Crippen LogP contribution < -0.4 is 0 Å². The van der Waals surface area contributed by atoms with E-state index in [9.17, 15) is 4.57 Å². The van der Waals surface area contributed by atoms with Gasteiger partial charge >= 0.3 is 7.82 Å². The largest absolute Gasteiger partial charge is 0.469 e. The summed E-state index contributed by atoms with van der Waals surface area (Å²) < 4.78 is 16.8. The van der Waals surface area contributed by atoms with E-state index < -0.39 is 13.9 Å². The first kappa shape index (κ1) is 12.7. The molecule has 0 aliphatic heterocycles. The summed E-state index contributed by atoms with van der Waals surface area (Å²) in [6.07, 6.45) is 2.55. The molecule has 15 heavy (non-hydrogen) atoms. The number of hydrogen-bond donors (Lipinski definition) is 2. The molecule has 2 N–H and O–H groups in total. The van der Waals surface area contributed by atoms with Crippen molar-refractivity contribution in [2.45, 2.75) is 19.6 Å². The lowest BCUT2D eigenvalue weighted by molar-refractivity contribution is 0.134. The third kappa shape index (κ3) is 4.32. The molecular formula is C7H12ClN2O4P. The predicted octanol–water partition coefficient (Wildman–Crippen LogP) is 0.908. The van der Waals surface area contributed by atoms with Crippen molar-refractivity contribution in [2.24, 2.45) is 0 Å². The number of phosphoric acid groups is 1. The Morgan fingerprint density at radius 3 is 2.80 bits per heavy atom. The van der Waals surface area contributed by atoms with Crippen LogP contribution in [-0.2, 0) is 15.6 Å². The van der Waals surface area contributed by atoms with Gasteiger partial charge in [0.2, 0.25) is 0 Å². The zero-order chi connectivity index (χ0) is 11.5. The zero-order valence-electron chi connectivity index (χ0n) is 8.08. The Labute approximate surface area is 92.1 Å². The first-order valence-electron chi connectivity index (χ1n) is 4.20. The van der Waals surface area contributed by atoms with Gasteiger partial charge in [0.25, 0.3) is 0 Å². The van der Waals surface area contributed by atoms with E-state index >= 15 is 0 Å². The first-order chi connectivity index (χ1) is 6.92. The number of aromatic nitrogens is 2. The van der Waals surface area contributed by atoms with Crippen molar-refractivity contribution in [3.63, 3.8) is 0 Å². The van der Waals surface area contributed by atoms with Gasteiger partial charge in [-0.05, 0) is 6.92 Å². The fraction of sp³-hybridized carbons (Fsp3) is 0.571. The predicted molar refractivity (Wildman–Crippen MR) is 54.6 cm³/mol. The number of imidazole rings is 1. The minimum absolute atomic E-state index is 0.00271. The average Bonchev–Trinajstić information content (AvgIpc) is 2.48. The van der Waals surface area contributed by atoms with E-state index in [2.05, 4.69) is 9.51 Å². The van der Waals surface area contributed by atoms with Crippen LogP contribution in [0.25, 0.3) is 0 Å². The van der Waals surface area contributed by atoms with Crippen molar-refractivity contribution in [3.05, 3.63) is 18.2 Å². The molecule has 1 rings (SSSR count). The Balaban J connectivity index is 2.62. The van der Waals surface area contributed by atoms with Crippen LogP contribution in [0.2, 0.25) is 0 Å². The Kier molecular flexibility index (Phi) is 4.31. The van der Waals surface area contributed by atoms with E-state index in [-0.39, 0.29) is 12.4 Å². The molecule has 0 spiro atoms. The second kappa shape index (κ2) is 5.09. The molecule has 0 aromatic carbocycles. The molecule has 86 valence electrons. The van der Waals surface area contributed by atoms with Crippen molar-refractivity contribution < 1.29 is 18.9 Å². The maximum atomic E-state index is 10.6. The van der Waals surface area contributed by atoms with E-state index in [4.69, 9.17) is 21.4 Å². The molecule has 0 unspecified atom stereocenters. The normalized spacial score (nSPS) is 14.1. The molecule has 0 saturated carbocycles. The molecule has 1 atom stereocenters. The summed E-state index contributed by atoms with van der Waals surface area (Å²) in [7, 11) is -4.49. The quantitative estimate of drug-likeness (QED) is 0.603. The molecule has 6 nitrogen and oxygen atoms in total. The highest BCUT2D eigenvalue weighted by Gasteiger charge is 2.22. The molecule has 1 aromatic rings. The van der Waals surface area contributed by atoms with Gasteiger partial charge in [0.1, 0.15) is 11.9 Å². The number of hydrogen-bond acceptors (Lipinski definition) is 3. The van der Waals surface area contributed by atoms with Crippen molar-refractivity contribution in [2.75, 3.05) is 5.88 Å². The molecule has 0 fully saturated rings. The molecule has 0 aliphatic rings. The van der Waals surface area contributed by atoms with E-state index in [1.54, 1.807) is 23.9 Å². The molecule has 0 saturated heterocycles. The maximum absolute atomic E-state index is 10.6. The minimum atomic E-state index is -4.49.